The molecule has 0 spiro atoms. The van der Waals surface area contributed by atoms with Gasteiger partial charge in [-0.05, 0) is 18.2 Å². The molecule has 0 unspecified atom stereocenters. The third kappa shape index (κ3) is 3.68. The van der Waals surface area contributed by atoms with Crippen LogP contribution in [0, 0.1) is 0 Å². The molecule has 0 aliphatic heterocycles. The van der Waals surface area contributed by atoms with Crippen molar-refractivity contribution in [3.05, 3.63) is 23.8 Å². The molecular weight excluding hydrogens is 274 g/mol. The number of aromatic carboxylic acids is 1. The molecule has 0 atom stereocenters. The highest BCUT2D eigenvalue weighted by molar-refractivity contribution is 7.91. The third-order valence-corrected chi connectivity index (χ3v) is 4.09. The molecule has 1 amide bonds. The number of rotatable bonds is 6. The number of hydrogen-bond donors (Lipinski definition) is 2. The van der Waals surface area contributed by atoms with Gasteiger partial charge in [0.2, 0.25) is 5.91 Å². The molecule has 104 valence electrons. The molecule has 7 nitrogen and oxygen atoms in total. The lowest BCUT2D eigenvalue weighted by Crippen LogP contribution is -2.18. The first-order valence-electron chi connectivity index (χ1n) is 5.20. The second-order valence-electron chi connectivity index (χ2n) is 3.71. The van der Waals surface area contributed by atoms with Crippen LogP contribution in [0.5, 0.6) is 5.75 Å². The number of ether oxygens (including phenoxy) is 1. The van der Waals surface area contributed by atoms with Crippen LogP contribution in [0.3, 0.4) is 0 Å². The highest BCUT2D eigenvalue weighted by atomic mass is 32.2. The number of methoxy groups -OCH3 is 1. The van der Waals surface area contributed by atoms with Gasteiger partial charge < -0.3 is 15.6 Å². The summed E-state index contributed by atoms with van der Waals surface area (Å²) < 4.78 is 28.9. The average molecular weight is 287 g/mol. The fourth-order valence-electron chi connectivity index (χ4n) is 1.40. The van der Waals surface area contributed by atoms with E-state index < -0.39 is 27.5 Å². The molecule has 0 saturated heterocycles. The molecule has 3 N–H and O–H groups in total. The molecule has 1 aromatic carbocycles. The maximum atomic E-state index is 12.0. The molecule has 0 aliphatic carbocycles. The lowest BCUT2D eigenvalue weighted by Gasteiger charge is -2.09. The molecule has 0 heterocycles. The summed E-state index contributed by atoms with van der Waals surface area (Å²) in [5, 5.41) is 8.85. The Bertz CT molecular complexity index is 608. The topological polar surface area (TPSA) is 124 Å². The van der Waals surface area contributed by atoms with Gasteiger partial charge in [-0.15, -0.1) is 0 Å². The molecule has 0 saturated carbocycles. The number of carbonyl (C=O) groups excluding carboxylic acids is 1. The fraction of sp³-hybridized carbons (Fsp3) is 0.273. The third-order valence-electron chi connectivity index (χ3n) is 2.36. The highest BCUT2D eigenvalue weighted by Gasteiger charge is 2.22. The molecule has 19 heavy (non-hydrogen) atoms. The first-order chi connectivity index (χ1) is 8.77. The van der Waals surface area contributed by atoms with Gasteiger partial charge in [-0.25, -0.2) is 13.2 Å². The van der Waals surface area contributed by atoms with Gasteiger partial charge >= 0.3 is 5.97 Å². The largest absolute Gasteiger partial charge is 0.495 e. The summed E-state index contributed by atoms with van der Waals surface area (Å²) in [5.74, 6) is -2.48. The highest BCUT2D eigenvalue weighted by Crippen LogP contribution is 2.26. The van der Waals surface area contributed by atoms with Gasteiger partial charge in [-0.2, -0.15) is 0 Å². The van der Waals surface area contributed by atoms with Crippen molar-refractivity contribution in [2.24, 2.45) is 5.73 Å². The number of carboxylic acids is 1. The van der Waals surface area contributed by atoms with Crippen molar-refractivity contribution in [3.8, 4) is 5.75 Å². The van der Waals surface area contributed by atoms with Crippen LogP contribution >= 0.6 is 0 Å². The SMILES string of the molecule is COc1ccc(C(=O)O)cc1S(=O)(=O)CCC(N)=O. The lowest BCUT2D eigenvalue weighted by atomic mass is 10.2. The van der Waals surface area contributed by atoms with Crippen LogP contribution in [0.4, 0.5) is 0 Å². The number of carbonyl (C=O) groups is 2. The van der Waals surface area contributed by atoms with E-state index in [-0.39, 0.29) is 22.6 Å². The zero-order valence-corrected chi connectivity index (χ0v) is 10.9. The van der Waals surface area contributed by atoms with Gasteiger partial charge in [-0.1, -0.05) is 0 Å². The van der Waals surface area contributed by atoms with Gasteiger partial charge in [-0.3, -0.25) is 4.79 Å². The van der Waals surface area contributed by atoms with Gasteiger partial charge in [0.1, 0.15) is 10.6 Å². The van der Waals surface area contributed by atoms with Crippen molar-refractivity contribution in [2.75, 3.05) is 12.9 Å². The van der Waals surface area contributed by atoms with E-state index in [1.54, 1.807) is 0 Å². The summed E-state index contributed by atoms with van der Waals surface area (Å²) in [6.45, 7) is 0. The minimum atomic E-state index is -3.84. The summed E-state index contributed by atoms with van der Waals surface area (Å²) in [5.41, 5.74) is 4.72. The molecule has 0 aromatic heterocycles. The number of nitrogens with two attached hydrogens (primary N) is 1. The minimum absolute atomic E-state index is 0.0227. The quantitative estimate of drug-likeness (QED) is 0.761. The zero-order valence-electron chi connectivity index (χ0n) is 10.1. The molecule has 1 aromatic rings. The molecule has 0 radical (unpaired) electrons. The van der Waals surface area contributed by atoms with Gasteiger partial charge in [0.25, 0.3) is 0 Å². The first-order valence-corrected chi connectivity index (χ1v) is 6.85. The van der Waals surface area contributed by atoms with E-state index >= 15 is 0 Å². The Kier molecular flexibility index (Phi) is 4.49. The average Bonchev–Trinajstić information content (AvgIpc) is 2.35. The zero-order chi connectivity index (χ0) is 14.6. The Labute approximate surface area is 109 Å². The Morgan fingerprint density at radius 3 is 2.47 bits per heavy atom. The van der Waals surface area contributed by atoms with E-state index in [2.05, 4.69) is 0 Å². The minimum Gasteiger partial charge on any atom is -0.495 e. The van der Waals surface area contributed by atoms with Crippen LogP contribution in [-0.2, 0) is 14.6 Å². The summed E-state index contributed by atoms with van der Waals surface area (Å²) in [7, 11) is -2.58. The maximum Gasteiger partial charge on any atom is 0.335 e. The van der Waals surface area contributed by atoms with Crippen LogP contribution < -0.4 is 10.5 Å². The van der Waals surface area contributed by atoms with Crippen LogP contribution in [0.15, 0.2) is 23.1 Å². The number of hydrogen-bond acceptors (Lipinski definition) is 5. The monoisotopic (exact) mass is 287 g/mol. The van der Waals surface area contributed by atoms with Crippen molar-refractivity contribution in [2.45, 2.75) is 11.3 Å². The first kappa shape index (κ1) is 15.0. The molecule has 0 fully saturated rings. The van der Waals surface area contributed by atoms with E-state index in [1.165, 1.54) is 19.2 Å². The normalized spacial score (nSPS) is 11.0. The number of benzene rings is 1. The summed E-state index contributed by atoms with van der Waals surface area (Å²) in [6, 6.07) is 3.48. The summed E-state index contributed by atoms with van der Waals surface area (Å²) in [6.07, 6.45) is -0.344. The Morgan fingerprint density at radius 1 is 1.37 bits per heavy atom. The van der Waals surface area contributed by atoms with Crippen LogP contribution in [0.2, 0.25) is 0 Å². The summed E-state index contributed by atoms with van der Waals surface area (Å²) >= 11 is 0. The number of amides is 1. The van der Waals surface area contributed by atoms with Crippen molar-refractivity contribution in [1.82, 2.24) is 0 Å². The van der Waals surface area contributed by atoms with Crippen molar-refractivity contribution in [3.63, 3.8) is 0 Å². The van der Waals surface area contributed by atoms with Gasteiger partial charge in [0, 0.05) is 6.42 Å². The second-order valence-corrected chi connectivity index (χ2v) is 5.78. The molecular formula is C11H13NO6S. The Balaban J connectivity index is 3.26. The summed E-state index contributed by atoms with van der Waals surface area (Å²) in [4.78, 5) is 21.2. The van der Waals surface area contributed by atoms with E-state index in [0.29, 0.717) is 0 Å². The number of sulfone groups is 1. The number of primary amides is 1. The van der Waals surface area contributed by atoms with Gasteiger partial charge in [0.15, 0.2) is 9.84 Å². The Morgan fingerprint density at radius 2 is 2.00 bits per heavy atom. The predicted molar refractivity (Wildman–Crippen MR) is 65.8 cm³/mol. The van der Waals surface area contributed by atoms with Crippen molar-refractivity contribution < 1.29 is 27.9 Å². The molecule has 8 heteroatoms. The molecule has 1 rings (SSSR count). The van der Waals surface area contributed by atoms with E-state index in [4.69, 9.17) is 15.6 Å². The molecule has 0 aliphatic rings. The van der Waals surface area contributed by atoms with Crippen LogP contribution in [0.1, 0.15) is 16.8 Å². The van der Waals surface area contributed by atoms with Crippen molar-refractivity contribution >= 4 is 21.7 Å². The standard InChI is InChI=1S/C11H13NO6S/c1-18-8-3-2-7(11(14)15)6-9(8)19(16,17)5-4-10(12)13/h2-3,6H,4-5H2,1H3,(H2,12,13)(H,14,15). The van der Waals surface area contributed by atoms with E-state index in [9.17, 15) is 18.0 Å². The van der Waals surface area contributed by atoms with Crippen LogP contribution in [-0.4, -0.2) is 38.3 Å². The molecule has 0 bridgehead atoms. The smallest absolute Gasteiger partial charge is 0.335 e. The number of carboxylic acid groups (broad SMARTS) is 1. The maximum absolute atomic E-state index is 12.0. The van der Waals surface area contributed by atoms with Crippen LogP contribution in [0.25, 0.3) is 0 Å². The predicted octanol–water partition coefficient (Wildman–Crippen LogP) is 0.0425. The Hall–Kier alpha value is -2.09. The van der Waals surface area contributed by atoms with E-state index in [1.807, 2.05) is 0 Å². The van der Waals surface area contributed by atoms with E-state index in [0.717, 1.165) is 6.07 Å². The van der Waals surface area contributed by atoms with Gasteiger partial charge in [0.05, 0.1) is 18.4 Å². The fourth-order valence-corrected chi connectivity index (χ4v) is 2.85. The lowest BCUT2D eigenvalue weighted by molar-refractivity contribution is -0.117. The second kappa shape index (κ2) is 5.70. The van der Waals surface area contributed by atoms with Crippen molar-refractivity contribution in [1.29, 1.82) is 0 Å².